The molecule has 2 rings (SSSR count). The topological polar surface area (TPSA) is 48.1 Å². The van der Waals surface area contributed by atoms with Crippen molar-refractivity contribution in [2.45, 2.75) is 6.42 Å². The fourth-order valence-electron chi connectivity index (χ4n) is 1.64. The Balaban J connectivity index is 2.03. The number of pyridine rings is 1. The number of thiocarbonyl (C=S) groups is 1. The van der Waals surface area contributed by atoms with Crippen LogP contribution in [-0.4, -0.2) is 16.6 Å². The third kappa shape index (κ3) is 3.91. The molecular weight excluding hydrogens is 280 g/mol. The maximum Gasteiger partial charge on any atom is 0.130 e. The van der Waals surface area contributed by atoms with E-state index in [0.717, 1.165) is 12.0 Å². The second-order valence-corrected chi connectivity index (χ2v) is 4.84. The molecule has 0 spiro atoms. The Morgan fingerprint density at radius 1 is 1.37 bits per heavy atom. The van der Waals surface area contributed by atoms with Crippen molar-refractivity contribution >= 4 is 28.8 Å². The second-order valence-electron chi connectivity index (χ2n) is 3.96. The molecule has 2 N–H and O–H groups in total. The lowest BCUT2D eigenvalue weighted by atomic mass is 10.2. The minimum atomic E-state index is 0.299. The van der Waals surface area contributed by atoms with Gasteiger partial charge >= 0.3 is 0 Å². The Labute approximate surface area is 122 Å². The summed E-state index contributed by atoms with van der Waals surface area (Å²) in [5.74, 6) is 0.615. The number of aromatic nitrogens is 1. The molecule has 0 fully saturated rings. The van der Waals surface area contributed by atoms with Crippen LogP contribution in [-0.2, 0) is 6.42 Å². The van der Waals surface area contributed by atoms with E-state index in [4.69, 9.17) is 34.3 Å². The zero-order valence-corrected chi connectivity index (χ0v) is 11.7. The zero-order chi connectivity index (χ0) is 13.7. The van der Waals surface area contributed by atoms with Crippen molar-refractivity contribution in [1.82, 2.24) is 4.98 Å². The van der Waals surface area contributed by atoms with Crippen LogP contribution < -0.4 is 10.5 Å². The fraction of sp³-hybridized carbons (Fsp3) is 0.143. The molecule has 1 aromatic heterocycles. The Morgan fingerprint density at radius 2 is 2.21 bits per heavy atom. The molecule has 0 aliphatic heterocycles. The minimum absolute atomic E-state index is 0.299. The van der Waals surface area contributed by atoms with Crippen molar-refractivity contribution in [2.24, 2.45) is 5.73 Å². The summed E-state index contributed by atoms with van der Waals surface area (Å²) < 4.78 is 5.70. The first kappa shape index (κ1) is 13.8. The van der Waals surface area contributed by atoms with E-state index in [-0.39, 0.29) is 0 Å². The summed E-state index contributed by atoms with van der Waals surface area (Å²) in [6.45, 7) is 0.516. The quantitative estimate of drug-likeness (QED) is 0.861. The standard InChI is InChI=1S/C14H13ClN2OS/c15-11-3-4-12(14(16)19)13(8-11)18-7-5-10-2-1-6-17-9-10/h1-4,6,8-9H,5,7H2,(H2,16,19). The van der Waals surface area contributed by atoms with Crippen LogP contribution in [0.15, 0.2) is 42.7 Å². The Morgan fingerprint density at radius 3 is 2.89 bits per heavy atom. The maximum absolute atomic E-state index is 5.94. The normalized spacial score (nSPS) is 10.2. The van der Waals surface area contributed by atoms with Gasteiger partial charge in [-0.1, -0.05) is 29.9 Å². The summed E-state index contributed by atoms with van der Waals surface area (Å²) >= 11 is 10.9. The molecular formula is C14H13ClN2OS. The smallest absolute Gasteiger partial charge is 0.130 e. The van der Waals surface area contributed by atoms with Crippen LogP contribution in [0.2, 0.25) is 5.02 Å². The third-order valence-electron chi connectivity index (χ3n) is 2.58. The number of halogens is 1. The number of benzene rings is 1. The van der Waals surface area contributed by atoms with Gasteiger partial charge in [0, 0.05) is 23.8 Å². The van der Waals surface area contributed by atoms with Gasteiger partial charge in [-0.15, -0.1) is 0 Å². The van der Waals surface area contributed by atoms with Crippen LogP contribution in [0, 0.1) is 0 Å². The average Bonchev–Trinajstić information content (AvgIpc) is 2.39. The second kappa shape index (κ2) is 6.50. The van der Waals surface area contributed by atoms with E-state index in [1.807, 2.05) is 18.3 Å². The molecule has 0 amide bonds. The van der Waals surface area contributed by atoms with Crippen molar-refractivity contribution < 1.29 is 4.74 Å². The minimum Gasteiger partial charge on any atom is -0.492 e. The number of hydrogen-bond donors (Lipinski definition) is 1. The lowest BCUT2D eigenvalue weighted by Crippen LogP contribution is -2.12. The Kier molecular flexibility index (Phi) is 4.71. The fourth-order valence-corrected chi connectivity index (χ4v) is 1.97. The molecule has 0 unspecified atom stereocenters. The van der Waals surface area contributed by atoms with Gasteiger partial charge in [0.2, 0.25) is 0 Å². The molecule has 1 heterocycles. The highest BCUT2D eigenvalue weighted by Crippen LogP contribution is 2.23. The largest absolute Gasteiger partial charge is 0.492 e. The van der Waals surface area contributed by atoms with Crippen molar-refractivity contribution in [3.63, 3.8) is 0 Å². The zero-order valence-electron chi connectivity index (χ0n) is 10.2. The summed E-state index contributed by atoms with van der Waals surface area (Å²) in [4.78, 5) is 4.35. The van der Waals surface area contributed by atoms with E-state index in [9.17, 15) is 0 Å². The van der Waals surface area contributed by atoms with Gasteiger partial charge in [0.1, 0.15) is 10.7 Å². The molecule has 1 aromatic carbocycles. The third-order valence-corrected chi connectivity index (χ3v) is 3.04. The predicted octanol–water partition coefficient (Wildman–Crippen LogP) is 2.99. The lowest BCUT2D eigenvalue weighted by Gasteiger charge is -2.11. The van der Waals surface area contributed by atoms with Crippen molar-refractivity contribution in [3.05, 3.63) is 58.9 Å². The van der Waals surface area contributed by atoms with E-state index < -0.39 is 0 Å². The van der Waals surface area contributed by atoms with Crippen molar-refractivity contribution in [2.75, 3.05) is 6.61 Å². The van der Waals surface area contributed by atoms with Crippen LogP contribution in [0.5, 0.6) is 5.75 Å². The van der Waals surface area contributed by atoms with Gasteiger partial charge in [-0.05, 0) is 29.8 Å². The number of ether oxygens (including phenoxy) is 1. The van der Waals surface area contributed by atoms with Crippen LogP contribution in [0.1, 0.15) is 11.1 Å². The molecule has 0 saturated heterocycles. The summed E-state index contributed by atoms with van der Waals surface area (Å²) in [5, 5.41) is 0.594. The number of nitrogens with zero attached hydrogens (tertiary/aromatic N) is 1. The first-order valence-corrected chi connectivity index (χ1v) is 6.56. The van der Waals surface area contributed by atoms with Crippen molar-refractivity contribution in [1.29, 1.82) is 0 Å². The van der Waals surface area contributed by atoms with Crippen LogP contribution in [0.3, 0.4) is 0 Å². The first-order valence-electron chi connectivity index (χ1n) is 5.78. The number of rotatable bonds is 5. The molecule has 0 bridgehead atoms. The van der Waals surface area contributed by atoms with E-state index in [2.05, 4.69) is 4.98 Å². The lowest BCUT2D eigenvalue weighted by molar-refractivity contribution is 0.321. The van der Waals surface area contributed by atoms with E-state index in [0.29, 0.717) is 27.9 Å². The molecule has 98 valence electrons. The van der Waals surface area contributed by atoms with Crippen LogP contribution in [0.4, 0.5) is 0 Å². The SMILES string of the molecule is NC(=S)c1ccc(Cl)cc1OCCc1cccnc1. The van der Waals surface area contributed by atoms with Crippen LogP contribution in [0.25, 0.3) is 0 Å². The monoisotopic (exact) mass is 292 g/mol. The highest BCUT2D eigenvalue weighted by molar-refractivity contribution is 7.80. The molecule has 0 atom stereocenters. The van der Waals surface area contributed by atoms with Gasteiger partial charge in [0.15, 0.2) is 0 Å². The van der Waals surface area contributed by atoms with Gasteiger partial charge in [-0.25, -0.2) is 0 Å². The van der Waals surface area contributed by atoms with Gasteiger partial charge in [0.25, 0.3) is 0 Å². The van der Waals surface area contributed by atoms with Gasteiger partial charge < -0.3 is 10.5 Å². The highest BCUT2D eigenvalue weighted by Gasteiger charge is 2.07. The molecule has 2 aromatic rings. The predicted molar refractivity (Wildman–Crippen MR) is 80.8 cm³/mol. The summed E-state index contributed by atoms with van der Waals surface area (Å²) in [7, 11) is 0. The number of nitrogens with two attached hydrogens (primary N) is 1. The number of hydrogen-bond acceptors (Lipinski definition) is 3. The molecule has 19 heavy (non-hydrogen) atoms. The summed E-state index contributed by atoms with van der Waals surface area (Å²) in [6, 6.07) is 9.13. The molecule has 3 nitrogen and oxygen atoms in total. The van der Waals surface area contributed by atoms with E-state index in [1.54, 1.807) is 24.4 Å². The van der Waals surface area contributed by atoms with Gasteiger partial charge in [-0.2, -0.15) is 0 Å². The molecule has 0 aliphatic carbocycles. The van der Waals surface area contributed by atoms with E-state index >= 15 is 0 Å². The van der Waals surface area contributed by atoms with Gasteiger partial charge in [0.05, 0.1) is 12.2 Å². The van der Waals surface area contributed by atoms with Crippen LogP contribution >= 0.6 is 23.8 Å². The van der Waals surface area contributed by atoms with E-state index in [1.165, 1.54) is 0 Å². The summed E-state index contributed by atoms with van der Waals surface area (Å²) in [6.07, 6.45) is 4.32. The van der Waals surface area contributed by atoms with Gasteiger partial charge in [-0.3, -0.25) is 4.98 Å². The van der Waals surface area contributed by atoms with Crippen molar-refractivity contribution in [3.8, 4) is 5.75 Å². The Bertz CT molecular complexity index is 575. The molecule has 0 aliphatic rings. The maximum atomic E-state index is 5.94. The summed E-state index contributed by atoms with van der Waals surface area (Å²) in [5.41, 5.74) is 7.46. The molecule has 5 heteroatoms. The molecule has 0 saturated carbocycles. The highest BCUT2D eigenvalue weighted by atomic mass is 35.5. The first-order chi connectivity index (χ1) is 9.16. The molecule has 0 radical (unpaired) electrons. The average molecular weight is 293 g/mol. The Hall–Kier alpha value is -1.65.